The lowest BCUT2D eigenvalue weighted by molar-refractivity contribution is 0.114. The van der Waals surface area contributed by atoms with Crippen molar-refractivity contribution in [3.05, 3.63) is 34.1 Å². The van der Waals surface area contributed by atoms with Gasteiger partial charge < -0.3 is 5.11 Å². The summed E-state index contributed by atoms with van der Waals surface area (Å²) in [5.74, 6) is -0.196. The van der Waals surface area contributed by atoms with E-state index in [9.17, 15) is 9.50 Å². The van der Waals surface area contributed by atoms with Crippen molar-refractivity contribution in [1.29, 1.82) is 0 Å². The average Bonchev–Trinajstić information content (AvgIpc) is 2.20. The predicted molar refractivity (Wildman–Crippen MR) is 58.5 cm³/mol. The van der Waals surface area contributed by atoms with Gasteiger partial charge in [-0.25, -0.2) is 4.39 Å². The summed E-state index contributed by atoms with van der Waals surface area (Å²) >= 11 is 3.14. The van der Waals surface area contributed by atoms with E-state index in [1.54, 1.807) is 12.1 Å². The third-order valence-electron chi connectivity index (χ3n) is 2.48. The van der Waals surface area contributed by atoms with Gasteiger partial charge in [-0.15, -0.1) is 0 Å². The van der Waals surface area contributed by atoms with E-state index in [1.807, 2.05) is 13.8 Å². The minimum atomic E-state index is -0.606. The molecule has 0 heterocycles. The van der Waals surface area contributed by atoms with Gasteiger partial charge in [-0.05, 0) is 33.5 Å². The third kappa shape index (κ3) is 2.34. The zero-order valence-electron chi connectivity index (χ0n) is 8.30. The van der Waals surface area contributed by atoms with Gasteiger partial charge in [-0.2, -0.15) is 0 Å². The lowest BCUT2D eigenvalue weighted by Gasteiger charge is -2.18. The van der Waals surface area contributed by atoms with Crippen LogP contribution in [0, 0.1) is 11.7 Å². The van der Waals surface area contributed by atoms with E-state index in [4.69, 9.17) is 0 Å². The molecular weight excluding hydrogens is 247 g/mol. The van der Waals surface area contributed by atoms with Crippen LogP contribution in [0.2, 0.25) is 0 Å². The van der Waals surface area contributed by atoms with Gasteiger partial charge in [0.05, 0.1) is 10.6 Å². The van der Waals surface area contributed by atoms with Crippen LogP contribution >= 0.6 is 15.9 Å². The minimum Gasteiger partial charge on any atom is -0.388 e. The lowest BCUT2D eigenvalue weighted by atomic mass is 9.95. The van der Waals surface area contributed by atoms with Crippen molar-refractivity contribution in [2.24, 2.45) is 5.92 Å². The van der Waals surface area contributed by atoms with Crippen molar-refractivity contribution in [2.45, 2.75) is 26.4 Å². The van der Waals surface area contributed by atoms with E-state index in [2.05, 4.69) is 15.9 Å². The molecule has 0 aliphatic heterocycles. The molecule has 0 spiro atoms. The highest BCUT2D eigenvalue weighted by Gasteiger charge is 2.18. The summed E-state index contributed by atoms with van der Waals surface area (Å²) in [7, 11) is 0. The zero-order valence-corrected chi connectivity index (χ0v) is 9.88. The van der Waals surface area contributed by atoms with Crippen LogP contribution in [-0.2, 0) is 0 Å². The van der Waals surface area contributed by atoms with Gasteiger partial charge in [-0.1, -0.05) is 32.4 Å². The molecule has 0 fully saturated rings. The van der Waals surface area contributed by atoms with Crippen LogP contribution in [-0.4, -0.2) is 5.11 Å². The highest BCUT2D eigenvalue weighted by molar-refractivity contribution is 9.10. The van der Waals surface area contributed by atoms with Gasteiger partial charge in [0, 0.05) is 0 Å². The third-order valence-corrected chi connectivity index (χ3v) is 3.32. The standard InChI is InChI=1S/C11H14BrFO/c1-3-7(2)11(14)8-5-4-6-9(13)10(8)12/h4-7,11,14H,3H2,1-2H3. The first-order chi connectivity index (χ1) is 6.57. The number of aliphatic hydroxyl groups excluding tert-OH is 1. The van der Waals surface area contributed by atoms with Crippen molar-refractivity contribution >= 4 is 15.9 Å². The number of halogens is 2. The van der Waals surface area contributed by atoms with Crippen molar-refractivity contribution < 1.29 is 9.50 Å². The van der Waals surface area contributed by atoms with Crippen molar-refractivity contribution in [3.63, 3.8) is 0 Å². The van der Waals surface area contributed by atoms with Crippen molar-refractivity contribution in [2.75, 3.05) is 0 Å². The first-order valence-corrected chi connectivity index (χ1v) is 5.49. The van der Waals surface area contributed by atoms with Crippen LogP contribution in [0.4, 0.5) is 4.39 Å². The molecule has 78 valence electrons. The molecule has 1 rings (SSSR count). The molecule has 3 heteroatoms. The van der Waals surface area contributed by atoms with E-state index in [-0.39, 0.29) is 11.7 Å². The number of hydrogen-bond donors (Lipinski definition) is 1. The maximum absolute atomic E-state index is 13.1. The second kappa shape index (κ2) is 4.89. The van der Waals surface area contributed by atoms with Gasteiger partial charge in [0.2, 0.25) is 0 Å². The normalized spacial score (nSPS) is 15.2. The summed E-state index contributed by atoms with van der Waals surface area (Å²) in [5, 5.41) is 9.90. The zero-order chi connectivity index (χ0) is 10.7. The summed E-state index contributed by atoms with van der Waals surface area (Å²) in [4.78, 5) is 0. The highest BCUT2D eigenvalue weighted by atomic mass is 79.9. The quantitative estimate of drug-likeness (QED) is 0.880. The van der Waals surface area contributed by atoms with Crippen LogP contribution in [0.1, 0.15) is 31.9 Å². The minimum absolute atomic E-state index is 0.133. The fourth-order valence-electron chi connectivity index (χ4n) is 1.28. The Kier molecular flexibility index (Phi) is 4.08. The molecule has 0 aliphatic carbocycles. The summed E-state index contributed by atoms with van der Waals surface area (Å²) in [6, 6.07) is 4.72. The summed E-state index contributed by atoms with van der Waals surface area (Å²) in [5.41, 5.74) is 0.624. The molecule has 0 aliphatic rings. The van der Waals surface area contributed by atoms with E-state index < -0.39 is 6.10 Å². The van der Waals surface area contributed by atoms with Crippen LogP contribution in [0.25, 0.3) is 0 Å². The van der Waals surface area contributed by atoms with Crippen molar-refractivity contribution in [1.82, 2.24) is 0 Å². The van der Waals surface area contributed by atoms with Gasteiger partial charge in [0.25, 0.3) is 0 Å². The molecule has 1 aromatic carbocycles. The van der Waals surface area contributed by atoms with E-state index in [0.717, 1.165) is 6.42 Å². The van der Waals surface area contributed by atoms with Crippen LogP contribution < -0.4 is 0 Å². The Morgan fingerprint density at radius 1 is 1.50 bits per heavy atom. The summed E-state index contributed by atoms with van der Waals surface area (Å²) < 4.78 is 13.5. The average molecular weight is 261 g/mol. The molecule has 14 heavy (non-hydrogen) atoms. The molecule has 0 saturated carbocycles. The van der Waals surface area contributed by atoms with Gasteiger partial charge >= 0.3 is 0 Å². The molecule has 0 bridgehead atoms. The van der Waals surface area contributed by atoms with E-state index >= 15 is 0 Å². The van der Waals surface area contributed by atoms with Crippen LogP contribution in [0.15, 0.2) is 22.7 Å². The fraction of sp³-hybridized carbons (Fsp3) is 0.455. The van der Waals surface area contributed by atoms with Crippen LogP contribution in [0.3, 0.4) is 0 Å². The molecule has 1 nitrogen and oxygen atoms in total. The Balaban J connectivity index is 3.01. The first kappa shape index (κ1) is 11.7. The molecule has 2 unspecified atom stereocenters. The smallest absolute Gasteiger partial charge is 0.137 e. The largest absolute Gasteiger partial charge is 0.388 e. The number of rotatable bonds is 3. The van der Waals surface area contributed by atoms with Gasteiger partial charge in [0.15, 0.2) is 0 Å². The van der Waals surface area contributed by atoms with Crippen molar-refractivity contribution in [3.8, 4) is 0 Å². The Bertz CT molecular complexity index is 314. The molecule has 0 aromatic heterocycles. The summed E-state index contributed by atoms with van der Waals surface area (Å²) in [6.45, 7) is 3.95. The molecule has 2 atom stereocenters. The number of aliphatic hydroxyl groups is 1. The maximum Gasteiger partial charge on any atom is 0.137 e. The number of hydrogen-bond acceptors (Lipinski definition) is 1. The molecular formula is C11H14BrFO. The Hall–Kier alpha value is -0.410. The first-order valence-electron chi connectivity index (χ1n) is 4.69. The molecule has 1 aromatic rings. The second-order valence-electron chi connectivity index (χ2n) is 3.47. The Labute approximate surface area is 92.1 Å². The SMILES string of the molecule is CCC(C)C(O)c1cccc(F)c1Br. The predicted octanol–water partition coefficient (Wildman–Crippen LogP) is 3.67. The van der Waals surface area contributed by atoms with Crippen LogP contribution in [0.5, 0.6) is 0 Å². The fourth-order valence-corrected chi connectivity index (χ4v) is 1.78. The van der Waals surface area contributed by atoms with Gasteiger partial charge in [-0.3, -0.25) is 0 Å². The molecule has 0 radical (unpaired) electrons. The molecule has 0 saturated heterocycles. The van der Waals surface area contributed by atoms with Gasteiger partial charge in [0.1, 0.15) is 5.82 Å². The maximum atomic E-state index is 13.1. The lowest BCUT2D eigenvalue weighted by Crippen LogP contribution is -2.09. The van der Waals surface area contributed by atoms with E-state index in [0.29, 0.717) is 10.0 Å². The Morgan fingerprint density at radius 3 is 2.71 bits per heavy atom. The molecule has 0 amide bonds. The highest BCUT2D eigenvalue weighted by Crippen LogP contribution is 2.31. The number of benzene rings is 1. The van der Waals surface area contributed by atoms with E-state index in [1.165, 1.54) is 6.07 Å². The monoisotopic (exact) mass is 260 g/mol. The molecule has 1 N–H and O–H groups in total. The topological polar surface area (TPSA) is 20.2 Å². The Morgan fingerprint density at radius 2 is 2.14 bits per heavy atom. The second-order valence-corrected chi connectivity index (χ2v) is 4.27. The summed E-state index contributed by atoms with van der Waals surface area (Å²) in [6.07, 6.45) is 0.259.